The Morgan fingerprint density at radius 1 is 1.10 bits per heavy atom. The molecule has 0 heterocycles. The van der Waals surface area contributed by atoms with Crippen molar-refractivity contribution in [3.05, 3.63) is 57.6 Å². The van der Waals surface area contributed by atoms with E-state index in [1.807, 2.05) is 0 Å². The first kappa shape index (κ1) is 15.2. The van der Waals surface area contributed by atoms with Gasteiger partial charge < -0.3 is 4.18 Å². The number of nitrogens with two attached hydrogens (primary N) is 1. The molecule has 7 nitrogen and oxygen atoms in total. The molecule has 0 spiro atoms. The van der Waals surface area contributed by atoms with Crippen LogP contribution in [0.15, 0.2) is 42.5 Å². The molecule has 21 heavy (non-hydrogen) atoms. The summed E-state index contributed by atoms with van der Waals surface area (Å²) in [5, 5.41) is 15.4. The maximum Gasteiger partial charge on any atom is 0.380 e. The predicted molar refractivity (Wildman–Crippen MR) is 77.3 cm³/mol. The van der Waals surface area contributed by atoms with E-state index in [-0.39, 0.29) is 16.5 Å². The van der Waals surface area contributed by atoms with Gasteiger partial charge in [-0.15, -0.1) is 0 Å². The van der Waals surface area contributed by atoms with Crippen molar-refractivity contribution in [3.63, 3.8) is 0 Å². The molecule has 2 aromatic carbocycles. The lowest BCUT2D eigenvalue weighted by atomic mass is 10.1. The van der Waals surface area contributed by atoms with Crippen molar-refractivity contribution in [2.24, 2.45) is 5.14 Å². The molecule has 0 aliphatic carbocycles. The molecule has 0 saturated heterocycles. The number of rotatable bonds is 4. The molecule has 2 N–H and O–H groups in total. The quantitative estimate of drug-likeness (QED) is 0.684. The number of hydrogen-bond acceptors (Lipinski definition) is 5. The van der Waals surface area contributed by atoms with E-state index in [0.717, 1.165) is 0 Å². The molecule has 0 aliphatic heterocycles. The van der Waals surface area contributed by atoms with E-state index in [1.54, 1.807) is 18.2 Å². The Balaban J connectivity index is 2.33. The highest BCUT2D eigenvalue weighted by Crippen LogP contribution is 2.31. The third-order valence-electron chi connectivity index (χ3n) is 2.55. The second kappa shape index (κ2) is 5.68. The predicted octanol–water partition coefficient (Wildman–Crippen LogP) is 2.50. The Bertz CT molecular complexity index is 790. The summed E-state index contributed by atoms with van der Waals surface area (Å²) >= 11 is 5.91. The van der Waals surface area contributed by atoms with E-state index in [9.17, 15) is 18.5 Å². The molecule has 110 valence electrons. The summed E-state index contributed by atoms with van der Waals surface area (Å²) in [7, 11) is -4.15. The van der Waals surface area contributed by atoms with Crippen LogP contribution in [-0.2, 0) is 10.3 Å². The number of nitrogens with zero attached hydrogens (tertiary/aromatic N) is 1. The molecule has 0 radical (unpaired) electrons. The van der Waals surface area contributed by atoms with Crippen LogP contribution < -0.4 is 9.32 Å². The van der Waals surface area contributed by atoms with Gasteiger partial charge >= 0.3 is 10.3 Å². The van der Waals surface area contributed by atoms with Crippen LogP contribution in [0.5, 0.6) is 5.75 Å². The zero-order valence-corrected chi connectivity index (χ0v) is 12.0. The van der Waals surface area contributed by atoms with E-state index in [0.29, 0.717) is 11.1 Å². The van der Waals surface area contributed by atoms with Crippen LogP contribution in [0.3, 0.4) is 0 Å². The van der Waals surface area contributed by atoms with Crippen LogP contribution in [0.1, 0.15) is 0 Å². The lowest BCUT2D eigenvalue weighted by Gasteiger charge is -2.07. The molecule has 0 aromatic heterocycles. The van der Waals surface area contributed by atoms with Crippen molar-refractivity contribution in [3.8, 4) is 16.9 Å². The summed E-state index contributed by atoms with van der Waals surface area (Å²) in [5.41, 5.74) is 1.31. The maximum absolute atomic E-state index is 10.8. The lowest BCUT2D eigenvalue weighted by Crippen LogP contribution is -2.19. The van der Waals surface area contributed by atoms with Crippen LogP contribution in [0.4, 0.5) is 5.69 Å². The molecule has 2 rings (SSSR count). The highest BCUT2D eigenvalue weighted by molar-refractivity contribution is 7.84. The normalized spacial score (nSPS) is 11.1. The van der Waals surface area contributed by atoms with Gasteiger partial charge in [-0.3, -0.25) is 10.1 Å². The van der Waals surface area contributed by atoms with Gasteiger partial charge in [-0.1, -0.05) is 17.7 Å². The smallest absolute Gasteiger partial charge is 0.369 e. The van der Waals surface area contributed by atoms with Gasteiger partial charge in [0.05, 0.1) is 9.95 Å². The van der Waals surface area contributed by atoms with Crippen LogP contribution >= 0.6 is 11.6 Å². The van der Waals surface area contributed by atoms with E-state index < -0.39 is 15.2 Å². The Morgan fingerprint density at radius 3 is 2.14 bits per heavy atom. The van der Waals surface area contributed by atoms with Gasteiger partial charge in [-0.2, -0.15) is 13.6 Å². The van der Waals surface area contributed by atoms with Crippen LogP contribution in [0.25, 0.3) is 11.1 Å². The van der Waals surface area contributed by atoms with Crippen molar-refractivity contribution in [2.45, 2.75) is 0 Å². The van der Waals surface area contributed by atoms with Crippen molar-refractivity contribution in [1.29, 1.82) is 0 Å². The third kappa shape index (κ3) is 3.91. The fourth-order valence-electron chi connectivity index (χ4n) is 1.65. The Kier molecular flexibility index (Phi) is 4.12. The minimum Gasteiger partial charge on any atom is -0.369 e. The van der Waals surface area contributed by atoms with Gasteiger partial charge in [0.1, 0.15) is 0 Å². The third-order valence-corrected chi connectivity index (χ3v) is 3.26. The summed E-state index contributed by atoms with van der Waals surface area (Å²) in [6.45, 7) is 0. The van der Waals surface area contributed by atoms with Crippen molar-refractivity contribution in [1.82, 2.24) is 0 Å². The molecular weight excluding hydrogens is 320 g/mol. The monoisotopic (exact) mass is 328 g/mol. The topological polar surface area (TPSA) is 113 Å². The molecule has 2 aromatic rings. The van der Waals surface area contributed by atoms with Gasteiger partial charge in [0.15, 0.2) is 5.75 Å². The molecule has 0 fully saturated rings. The number of halogens is 1. The summed E-state index contributed by atoms with van der Waals surface area (Å²) in [6.07, 6.45) is 0. The zero-order chi connectivity index (χ0) is 15.6. The number of benzene rings is 2. The van der Waals surface area contributed by atoms with Crippen molar-refractivity contribution < 1.29 is 17.5 Å². The van der Waals surface area contributed by atoms with Gasteiger partial charge in [-0.05, 0) is 35.4 Å². The minimum atomic E-state index is -4.15. The van der Waals surface area contributed by atoms with E-state index in [1.165, 1.54) is 24.3 Å². The molecule has 0 atom stereocenters. The average Bonchev–Trinajstić information content (AvgIpc) is 2.40. The molecule has 0 amide bonds. The van der Waals surface area contributed by atoms with E-state index in [2.05, 4.69) is 4.18 Å². The fraction of sp³-hybridized carbons (Fsp3) is 0. The fourth-order valence-corrected chi connectivity index (χ4v) is 2.31. The Hall–Kier alpha value is -2.16. The standard InChI is InChI=1S/C12H9ClN2O5S/c13-11-7-9(3-6-12(11)20-21(14,18)19)8-1-4-10(5-2-8)15(16)17/h1-7H,(H2,14,18,19). The van der Waals surface area contributed by atoms with Gasteiger partial charge in [0.2, 0.25) is 0 Å². The van der Waals surface area contributed by atoms with Crippen LogP contribution in [-0.4, -0.2) is 13.3 Å². The first-order chi connectivity index (χ1) is 9.76. The SMILES string of the molecule is NS(=O)(=O)Oc1ccc(-c2ccc([N+](=O)[O-])cc2)cc1Cl. The zero-order valence-electron chi connectivity index (χ0n) is 10.4. The highest BCUT2D eigenvalue weighted by atomic mass is 35.5. The van der Waals surface area contributed by atoms with Gasteiger partial charge in [-0.25, -0.2) is 0 Å². The molecular formula is C12H9ClN2O5S. The first-order valence-electron chi connectivity index (χ1n) is 5.53. The van der Waals surface area contributed by atoms with Gasteiger partial charge in [0, 0.05) is 12.1 Å². The lowest BCUT2D eigenvalue weighted by molar-refractivity contribution is -0.384. The highest BCUT2D eigenvalue weighted by Gasteiger charge is 2.11. The minimum absolute atomic E-state index is 0.0287. The number of non-ortho nitro benzene ring substituents is 1. The van der Waals surface area contributed by atoms with E-state index in [4.69, 9.17) is 16.7 Å². The molecule has 0 bridgehead atoms. The number of nitro groups is 1. The van der Waals surface area contributed by atoms with Crippen molar-refractivity contribution >= 4 is 27.6 Å². The summed E-state index contributed by atoms with van der Waals surface area (Å²) in [6, 6.07) is 10.2. The largest absolute Gasteiger partial charge is 0.380 e. The van der Waals surface area contributed by atoms with Crippen LogP contribution in [0.2, 0.25) is 5.02 Å². The van der Waals surface area contributed by atoms with Crippen molar-refractivity contribution in [2.75, 3.05) is 0 Å². The molecule has 9 heteroatoms. The maximum atomic E-state index is 10.8. The molecule has 0 aliphatic rings. The first-order valence-corrected chi connectivity index (χ1v) is 7.38. The Morgan fingerprint density at radius 2 is 1.67 bits per heavy atom. The van der Waals surface area contributed by atoms with Crippen LogP contribution in [0, 0.1) is 10.1 Å². The summed E-state index contributed by atoms with van der Waals surface area (Å²) in [5.74, 6) is -0.0928. The number of nitro benzene ring substituents is 1. The molecule has 0 saturated carbocycles. The summed E-state index contributed by atoms with van der Waals surface area (Å²) < 4.78 is 26.2. The Labute approximate surface area is 125 Å². The second-order valence-corrected chi connectivity index (χ2v) is 5.58. The average molecular weight is 329 g/mol. The number of hydrogen-bond donors (Lipinski definition) is 1. The summed E-state index contributed by atoms with van der Waals surface area (Å²) in [4.78, 5) is 10.1. The van der Waals surface area contributed by atoms with Gasteiger partial charge in [0.25, 0.3) is 5.69 Å². The molecule has 0 unspecified atom stereocenters. The second-order valence-electron chi connectivity index (χ2n) is 4.03. The van der Waals surface area contributed by atoms with E-state index >= 15 is 0 Å².